The molecule has 6 amide bonds. The molecule has 69 heavy (non-hydrogen) atoms. The molecule has 0 radical (unpaired) electrons. The molecular weight excluding hydrogens is 892 g/mol. The number of benzene rings is 3. The van der Waals surface area contributed by atoms with Gasteiger partial charge in [0, 0.05) is 50.1 Å². The summed E-state index contributed by atoms with van der Waals surface area (Å²) >= 11 is 0. The highest BCUT2D eigenvalue weighted by molar-refractivity contribution is 6.06. The number of aromatic nitrogens is 3. The van der Waals surface area contributed by atoms with E-state index in [0.717, 1.165) is 41.6 Å². The number of nitrogens with two attached hydrogens (primary N) is 1. The number of amides is 6. The van der Waals surface area contributed by atoms with E-state index in [9.17, 15) is 33.5 Å². The van der Waals surface area contributed by atoms with Gasteiger partial charge in [0.05, 0.1) is 63.5 Å². The minimum atomic E-state index is -1.11. The van der Waals surface area contributed by atoms with E-state index in [1.807, 2.05) is 40.8 Å². The van der Waals surface area contributed by atoms with Crippen molar-refractivity contribution in [2.75, 3.05) is 64.2 Å². The maximum atomic E-state index is 13.9. The Morgan fingerprint density at radius 3 is 2.57 bits per heavy atom. The fraction of sp³-hybridized carbons (Fsp3) is 0.367. The number of imide groups is 1. The number of nitrogens with one attached hydrogen (secondary N) is 4. The highest BCUT2D eigenvalue weighted by atomic mass is 19.1. The van der Waals surface area contributed by atoms with Gasteiger partial charge in [0.15, 0.2) is 0 Å². The number of fused-ring (bicyclic) bond motifs is 3. The van der Waals surface area contributed by atoms with E-state index < -0.39 is 24.0 Å². The molecule has 7 N–H and O–H groups in total. The summed E-state index contributed by atoms with van der Waals surface area (Å²) in [5.41, 5.74) is 11.2. The molecule has 3 aliphatic rings. The maximum absolute atomic E-state index is 13.9. The van der Waals surface area contributed by atoms with Crippen molar-refractivity contribution in [3.8, 4) is 22.8 Å². The Morgan fingerprint density at radius 2 is 1.78 bits per heavy atom. The molecule has 2 aromatic heterocycles. The first-order valence-corrected chi connectivity index (χ1v) is 22.8. The third-order valence-electron chi connectivity index (χ3n) is 12.4. The lowest BCUT2D eigenvalue weighted by Crippen LogP contribution is -2.49. The number of methoxy groups -OCH3 is 2. The number of carbonyl (C=O) groups excluding carboxylic acids is 5. The number of urea groups is 1. The number of rotatable bonds is 15. The second kappa shape index (κ2) is 21.7. The zero-order valence-corrected chi connectivity index (χ0v) is 38.3. The number of nitrogen functional groups attached to an aromatic ring is 1. The molecular formula is C49H55FN10O9. The maximum Gasteiger partial charge on any atom is 0.328 e. The van der Waals surface area contributed by atoms with Crippen molar-refractivity contribution < 1.29 is 47.7 Å². The summed E-state index contributed by atoms with van der Waals surface area (Å²) in [5, 5.41) is 22.1. The van der Waals surface area contributed by atoms with E-state index in [2.05, 4.69) is 26.3 Å². The summed E-state index contributed by atoms with van der Waals surface area (Å²) in [6, 6.07) is 15.5. The zero-order valence-electron chi connectivity index (χ0n) is 38.3. The molecule has 2 fully saturated rings. The Morgan fingerprint density at radius 1 is 0.986 bits per heavy atom. The van der Waals surface area contributed by atoms with Crippen LogP contribution in [0, 0.1) is 5.82 Å². The number of hydrogen-bond donors (Lipinski definition) is 6. The van der Waals surface area contributed by atoms with Gasteiger partial charge in [-0.05, 0) is 73.2 Å². The van der Waals surface area contributed by atoms with E-state index in [0.29, 0.717) is 46.9 Å². The van der Waals surface area contributed by atoms with E-state index >= 15 is 0 Å². The molecule has 2 aliphatic heterocycles. The highest BCUT2D eigenvalue weighted by Crippen LogP contribution is 2.39. The number of hydrogen-bond acceptors (Lipinski definition) is 13. The number of anilines is 2. The van der Waals surface area contributed by atoms with Crippen LogP contribution in [-0.2, 0) is 25.7 Å². The van der Waals surface area contributed by atoms with Crippen LogP contribution in [0.5, 0.6) is 11.5 Å². The van der Waals surface area contributed by atoms with Gasteiger partial charge in [-0.25, -0.2) is 19.2 Å². The number of carbonyl (C=O) groups is 5. The first kappa shape index (κ1) is 48.1. The summed E-state index contributed by atoms with van der Waals surface area (Å²) in [6.45, 7) is 1.05. The number of aliphatic hydroxyl groups excluding tert-OH is 1. The smallest absolute Gasteiger partial charge is 0.328 e. The molecule has 5 aromatic rings. The summed E-state index contributed by atoms with van der Waals surface area (Å²) in [7, 11) is 2.89. The number of halogens is 1. The second-order valence-corrected chi connectivity index (χ2v) is 17.0. The Balaban J connectivity index is 0.890. The summed E-state index contributed by atoms with van der Waals surface area (Å²) in [4.78, 5) is 76.7. The summed E-state index contributed by atoms with van der Waals surface area (Å²) in [6.07, 6.45) is 7.18. The van der Waals surface area contributed by atoms with Crippen LogP contribution in [0.3, 0.4) is 0 Å². The average molecular weight is 947 g/mol. The zero-order chi connectivity index (χ0) is 48.6. The van der Waals surface area contributed by atoms with Crippen molar-refractivity contribution in [2.45, 2.75) is 63.3 Å². The molecule has 2 bridgehead atoms. The van der Waals surface area contributed by atoms with Gasteiger partial charge in [0.1, 0.15) is 46.4 Å². The first-order chi connectivity index (χ1) is 33.4. The van der Waals surface area contributed by atoms with Gasteiger partial charge >= 0.3 is 6.03 Å². The third kappa shape index (κ3) is 11.1. The Bertz CT molecular complexity index is 2760. The second-order valence-electron chi connectivity index (χ2n) is 17.0. The molecule has 362 valence electrons. The molecule has 1 saturated heterocycles. The van der Waals surface area contributed by atoms with Crippen LogP contribution in [0.15, 0.2) is 72.9 Å². The van der Waals surface area contributed by atoms with Gasteiger partial charge in [0.25, 0.3) is 5.91 Å². The van der Waals surface area contributed by atoms with Gasteiger partial charge in [-0.1, -0.05) is 36.4 Å². The van der Waals surface area contributed by atoms with Gasteiger partial charge in [-0.2, -0.15) is 0 Å². The monoisotopic (exact) mass is 946 g/mol. The Kier molecular flexibility index (Phi) is 15.1. The third-order valence-corrected chi connectivity index (χ3v) is 12.4. The van der Waals surface area contributed by atoms with Crippen molar-refractivity contribution in [1.82, 2.24) is 40.5 Å². The van der Waals surface area contributed by atoms with Crippen molar-refractivity contribution >= 4 is 52.8 Å². The lowest BCUT2D eigenvalue weighted by molar-refractivity contribution is -0.137. The molecule has 19 nitrogen and oxygen atoms in total. The number of nitrogens with zero attached hydrogens (tertiary/aromatic N) is 5. The van der Waals surface area contributed by atoms with E-state index in [-0.39, 0.29) is 99.8 Å². The quantitative estimate of drug-likeness (QED) is 0.0638. The molecule has 3 aromatic carbocycles. The molecule has 4 heterocycles. The van der Waals surface area contributed by atoms with Crippen LogP contribution in [0.1, 0.15) is 83.7 Å². The minimum Gasteiger partial charge on any atom is -0.496 e. The van der Waals surface area contributed by atoms with Gasteiger partial charge in [-0.3, -0.25) is 39.1 Å². The van der Waals surface area contributed by atoms with Crippen LogP contribution >= 0.6 is 0 Å². The van der Waals surface area contributed by atoms with E-state index in [1.54, 1.807) is 24.4 Å². The van der Waals surface area contributed by atoms with Gasteiger partial charge in [-0.15, -0.1) is 0 Å². The predicted octanol–water partition coefficient (Wildman–Crippen LogP) is 4.20. The molecule has 1 unspecified atom stereocenters. The van der Waals surface area contributed by atoms with Crippen molar-refractivity contribution in [3.63, 3.8) is 0 Å². The van der Waals surface area contributed by atoms with E-state index in [4.69, 9.17) is 24.9 Å². The van der Waals surface area contributed by atoms with Crippen LogP contribution < -0.4 is 41.4 Å². The summed E-state index contributed by atoms with van der Waals surface area (Å²) < 4.78 is 32.4. The predicted molar refractivity (Wildman–Crippen MR) is 253 cm³/mol. The standard InChI is InChI=1S/C49H55FN10O9/c1-67-38-15-12-33(50)25-36(38)48(65)54-26-29-6-8-30(9-7-29)43-44-45(51)53-27-35-5-3-4-19-58(28-41(62)55-34-13-10-31(23-34)46(57-43)60(35)44)42(63)17-21-69-22-18-52-47(64)32-11-14-39(68-2)37(24-32)59-20-16-40(61)56-49(59)66/h3,5-9,11-12,14-15,24-25,27,31,34,47,52,64H,4,10,13,16-23,26,28H2,1-2H3,(H2,51,53)(H,54,65)(H,55,62)(H,56,61,66)/b5-3+/t31-,34-,47?/m1/s1. The first-order valence-electron chi connectivity index (χ1n) is 22.8. The van der Waals surface area contributed by atoms with Crippen LogP contribution in [0.4, 0.5) is 20.7 Å². The number of aliphatic hydroxyl groups is 1. The van der Waals surface area contributed by atoms with Crippen LogP contribution in [0.25, 0.3) is 22.9 Å². The largest absolute Gasteiger partial charge is 0.496 e. The highest BCUT2D eigenvalue weighted by Gasteiger charge is 2.33. The number of imidazole rings is 1. The normalized spacial score (nSPS) is 18.3. The molecule has 1 saturated carbocycles. The van der Waals surface area contributed by atoms with Crippen LogP contribution in [0.2, 0.25) is 0 Å². The molecule has 1 aliphatic carbocycles. The topological polar surface area (TPSA) is 244 Å². The molecule has 20 heteroatoms. The summed E-state index contributed by atoms with van der Waals surface area (Å²) in [5.74, 6) is -0.0997. The van der Waals surface area contributed by atoms with Crippen LogP contribution in [-0.4, -0.2) is 114 Å². The fourth-order valence-electron chi connectivity index (χ4n) is 8.91. The Labute approximate surface area is 397 Å². The Hall–Kier alpha value is -7.42. The SMILES string of the molecule is COc1ccc(F)cc1C(=O)NCc1ccc(-c2nc3n4c(cnc(N)c24)/C=C/CCN(C(=O)CCOCCNC(O)c2ccc(OC)c(N4CCC(=O)NC4=O)c2)CC(=O)N[C@@H]2CC[C@@H]3C2)cc1. The van der Waals surface area contributed by atoms with Crippen molar-refractivity contribution in [2.24, 2.45) is 0 Å². The molecule has 0 spiro atoms. The average Bonchev–Trinajstić information content (AvgIpc) is 3.98. The van der Waals surface area contributed by atoms with Crippen molar-refractivity contribution in [1.29, 1.82) is 0 Å². The lowest BCUT2D eigenvalue weighted by Gasteiger charge is -2.28. The molecule has 3 atom stereocenters. The molecule has 8 rings (SSSR count). The lowest BCUT2D eigenvalue weighted by atomic mass is 10.1. The van der Waals surface area contributed by atoms with Gasteiger partial charge in [0.2, 0.25) is 17.7 Å². The number of ether oxygens (including phenoxy) is 3. The fourth-order valence-corrected chi connectivity index (χ4v) is 8.91. The van der Waals surface area contributed by atoms with E-state index in [1.165, 1.54) is 36.2 Å². The van der Waals surface area contributed by atoms with Gasteiger partial charge < -0.3 is 40.6 Å². The minimum absolute atomic E-state index is 0.0160. The van der Waals surface area contributed by atoms with Crippen molar-refractivity contribution in [3.05, 3.63) is 107 Å².